The molecule has 0 radical (unpaired) electrons. The maximum atomic E-state index is 13.0. The van der Waals surface area contributed by atoms with Gasteiger partial charge >= 0.3 is 12.0 Å². The minimum Gasteiger partial charge on any atom is -0.469 e. The first-order valence-electron chi connectivity index (χ1n) is 11.8. The number of amides is 3. The summed E-state index contributed by atoms with van der Waals surface area (Å²) in [5, 5.41) is 9.61. The number of ether oxygens (including phenoxy) is 3. The minimum absolute atomic E-state index is 0.0351. The molecule has 0 aliphatic carbocycles. The Morgan fingerprint density at radius 1 is 1.03 bits per heavy atom. The Labute approximate surface area is 223 Å². The van der Waals surface area contributed by atoms with Crippen LogP contribution in [0, 0.1) is 0 Å². The number of nitrogens with one attached hydrogen (secondary N) is 2. The molecule has 0 saturated heterocycles. The van der Waals surface area contributed by atoms with Crippen LogP contribution in [-0.2, 0) is 27.4 Å². The Morgan fingerprint density at radius 3 is 2.38 bits per heavy atom. The number of esters is 1. The summed E-state index contributed by atoms with van der Waals surface area (Å²) in [6.45, 7) is 1.57. The zero-order valence-corrected chi connectivity index (χ0v) is 22.1. The van der Waals surface area contributed by atoms with E-state index in [1.54, 1.807) is 40.9 Å². The lowest BCUT2D eigenvalue weighted by Gasteiger charge is -2.22. The molecule has 0 saturated carbocycles. The normalized spacial score (nSPS) is 12.6. The summed E-state index contributed by atoms with van der Waals surface area (Å²) in [5.41, 5.74) is 0.692. The van der Waals surface area contributed by atoms with Crippen molar-refractivity contribution in [3.05, 3.63) is 68.5 Å². The highest BCUT2D eigenvalue weighted by Gasteiger charge is 2.22. The molecule has 0 fully saturated rings. The predicted molar refractivity (Wildman–Crippen MR) is 141 cm³/mol. The van der Waals surface area contributed by atoms with Crippen LogP contribution in [-0.4, -0.2) is 43.3 Å². The molecule has 1 aromatic carbocycles. The molecule has 0 spiro atoms. The largest absolute Gasteiger partial charge is 0.469 e. The maximum absolute atomic E-state index is 13.0. The Kier molecular flexibility index (Phi) is 9.39. The SMILES string of the molecule is COC(=O)C[C@H](NC(=O)NCCCC(=O)N(Cc1cccs1)Cc1cccs1)c1ccc2c(c1)OCO2. The van der Waals surface area contributed by atoms with Gasteiger partial charge in [-0.2, -0.15) is 0 Å². The fourth-order valence-electron chi connectivity index (χ4n) is 3.85. The van der Waals surface area contributed by atoms with Crippen LogP contribution in [0.2, 0.25) is 0 Å². The Morgan fingerprint density at radius 2 is 1.73 bits per heavy atom. The molecule has 11 heteroatoms. The topological polar surface area (TPSA) is 106 Å². The zero-order chi connectivity index (χ0) is 26.0. The van der Waals surface area contributed by atoms with E-state index in [0.717, 1.165) is 9.75 Å². The maximum Gasteiger partial charge on any atom is 0.315 e. The summed E-state index contributed by atoms with van der Waals surface area (Å²) in [4.78, 5) is 41.6. The van der Waals surface area contributed by atoms with Crippen molar-refractivity contribution in [1.29, 1.82) is 0 Å². The molecule has 1 aliphatic heterocycles. The first kappa shape index (κ1) is 26.5. The van der Waals surface area contributed by atoms with Crippen molar-refractivity contribution >= 4 is 40.6 Å². The van der Waals surface area contributed by atoms with E-state index in [2.05, 4.69) is 10.6 Å². The van der Waals surface area contributed by atoms with Gasteiger partial charge in [0.25, 0.3) is 0 Å². The summed E-state index contributed by atoms with van der Waals surface area (Å²) in [5.74, 6) is 0.752. The second kappa shape index (κ2) is 13.1. The van der Waals surface area contributed by atoms with Gasteiger partial charge in [0.2, 0.25) is 12.7 Å². The number of fused-ring (bicyclic) bond motifs is 1. The van der Waals surface area contributed by atoms with Gasteiger partial charge in [0.15, 0.2) is 11.5 Å². The van der Waals surface area contributed by atoms with E-state index in [0.29, 0.717) is 49.5 Å². The molecule has 9 nitrogen and oxygen atoms in total. The second-order valence-corrected chi connectivity index (χ2v) is 10.4. The van der Waals surface area contributed by atoms with E-state index >= 15 is 0 Å². The number of thiophene rings is 2. The molecule has 0 bridgehead atoms. The summed E-state index contributed by atoms with van der Waals surface area (Å²) < 4.78 is 15.5. The third kappa shape index (κ3) is 7.70. The van der Waals surface area contributed by atoms with Crippen molar-refractivity contribution in [2.24, 2.45) is 0 Å². The third-order valence-corrected chi connectivity index (χ3v) is 7.48. The van der Waals surface area contributed by atoms with Crippen LogP contribution in [0.5, 0.6) is 11.5 Å². The molecule has 1 atom stereocenters. The lowest BCUT2D eigenvalue weighted by atomic mass is 10.0. The molecule has 2 aromatic heterocycles. The van der Waals surface area contributed by atoms with E-state index in [9.17, 15) is 14.4 Å². The molecule has 4 rings (SSSR count). The molecule has 3 amide bonds. The number of hydrogen-bond acceptors (Lipinski definition) is 8. The van der Waals surface area contributed by atoms with Gasteiger partial charge in [0, 0.05) is 22.7 Å². The minimum atomic E-state index is -0.615. The van der Waals surface area contributed by atoms with Crippen LogP contribution in [0.3, 0.4) is 0 Å². The highest BCUT2D eigenvalue weighted by molar-refractivity contribution is 7.10. The monoisotopic (exact) mass is 543 g/mol. The number of carbonyl (C=O) groups excluding carboxylic acids is 3. The van der Waals surface area contributed by atoms with Crippen molar-refractivity contribution in [3.63, 3.8) is 0 Å². The van der Waals surface area contributed by atoms with Crippen molar-refractivity contribution < 1.29 is 28.6 Å². The van der Waals surface area contributed by atoms with E-state index < -0.39 is 18.0 Å². The first-order valence-corrected chi connectivity index (χ1v) is 13.6. The van der Waals surface area contributed by atoms with Gasteiger partial charge in [0.1, 0.15) is 0 Å². The molecule has 3 aromatic rings. The van der Waals surface area contributed by atoms with Crippen molar-refractivity contribution in [2.75, 3.05) is 20.4 Å². The summed E-state index contributed by atoms with van der Waals surface area (Å²) >= 11 is 3.25. The third-order valence-electron chi connectivity index (χ3n) is 5.76. The van der Waals surface area contributed by atoms with E-state index in [1.807, 2.05) is 39.9 Å². The van der Waals surface area contributed by atoms with Crippen LogP contribution < -0.4 is 20.1 Å². The fraction of sp³-hybridized carbons (Fsp3) is 0.346. The number of carbonyl (C=O) groups is 3. The van der Waals surface area contributed by atoms with Crippen LogP contribution in [0.15, 0.2) is 53.2 Å². The van der Waals surface area contributed by atoms with E-state index in [-0.39, 0.29) is 19.1 Å². The number of benzene rings is 1. The smallest absolute Gasteiger partial charge is 0.315 e. The highest BCUT2D eigenvalue weighted by Crippen LogP contribution is 2.34. The Hall–Kier alpha value is -3.57. The van der Waals surface area contributed by atoms with Gasteiger partial charge < -0.3 is 29.7 Å². The van der Waals surface area contributed by atoms with Crippen molar-refractivity contribution in [3.8, 4) is 11.5 Å². The lowest BCUT2D eigenvalue weighted by molar-refractivity contribution is -0.141. The van der Waals surface area contributed by atoms with Gasteiger partial charge in [-0.3, -0.25) is 9.59 Å². The lowest BCUT2D eigenvalue weighted by Crippen LogP contribution is -2.39. The number of urea groups is 1. The summed E-state index contributed by atoms with van der Waals surface area (Å²) in [7, 11) is 1.30. The van der Waals surface area contributed by atoms with Crippen LogP contribution in [0.1, 0.15) is 40.6 Å². The summed E-state index contributed by atoms with van der Waals surface area (Å²) in [6, 6.07) is 12.2. The molecule has 3 heterocycles. The van der Waals surface area contributed by atoms with Gasteiger partial charge in [-0.05, 0) is 47.0 Å². The van der Waals surface area contributed by atoms with Gasteiger partial charge in [0.05, 0.1) is 32.7 Å². The van der Waals surface area contributed by atoms with Crippen LogP contribution >= 0.6 is 22.7 Å². The molecule has 0 unspecified atom stereocenters. The quantitative estimate of drug-likeness (QED) is 0.258. The molecule has 1 aliphatic rings. The predicted octanol–water partition coefficient (Wildman–Crippen LogP) is 4.45. The molecular weight excluding hydrogens is 514 g/mol. The van der Waals surface area contributed by atoms with Crippen molar-refractivity contribution in [2.45, 2.75) is 38.4 Å². The molecule has 196 valence electrons. The first-order chi connectivity index (χ1) is 18.0. The number of hydrogen-bond donors (Lipinski definition) is 2. The zero-order valence-electron chi connectivity index (χ0n) is 20.4. The number of nitrogens with zero attached hydrogens (tertiary/aromatic N) is 1. The average molecular weight is 544 g/mol. The van der Waals surface area contributed by atoms with Crippen LogP contribution in [0.4, 0.5) is 4.79 Å². The summed E-state index contributed by atoms with van der Waals surface area (Å²) in [6.07, 6.45) is 0.760. The second-order valence-electron chi connectivity index (χ2n) is 8.36. The van der Waals surface area contributed by atoms with Gasteiger partial charge in [-0.1, -0.05) is 18.2 Å². The van der Waals surface area contributed by atoms with E-state index in [4.69, 9.17) is 14.2 Å². The van der Waals surface area contributed by atoms with Gasteiger partial charge in [-0.25, -0.2) is 4.79 Å². The highest BCUT2D eigenvalue weighted by atomic mass is 32.1. The van der Waals surface area contributed by atoms with Gasteiger partial charge in [-0.15, -0.1) is 22.7 Å². The molecule has 37 heavy (non-hydrogen) atoms. The molecular formula is C26H29N3O6S2. The fourth-order valence-corrected chi connectivity index (χ4v) is 5.29. The van der Waals surface area contributed by atoms with E-state index in [1.165, 1.54) is 7.11 Å². The Bertz CT molecular complexity index is 1150. The standard InChI is InChI=1S/C26H29N3O6S2/c1-33-25(31)14-21(18-8-9-22-23(13-18)35-17-34-22)28-26(32)27-10-2-7-24(30)29(15-19-5-3-11-36-19)16-20-6-4-12-37-20/h3-6,8-9,11-13,21H,2,7,10,14-17H2,1H3,(H2,27,28,32)/t21-/m0/s1. The van der Waals surface area contributed by atoms with Crippen molar-refractivity contribution in [1.82, 2.24) is 15.5 Å². The average Bonchev–Trinajstić information content (AvgIpc) is 3.68. The number of methoxy groups -OCH3 is 1. The van der Waals surface area contributed by atoms with Crippen LogP contribution in [0.25, 0.3) is 0 Å². The molecule has 2 N–H and O–H groups in total. The number of rotatable bonds is 12. The Balaban J connectivity index is 1.28.